The maximum Gasteiger partial charge on any atom is 0.334 e. The van der Waals surface area contributed by atoms with Crippen LogP contribution in [0.2, 0.25) is 0 Å². The zero-order valence-corrected chi connectivity index (χ0v) is 12.6. The number of aryl methyl sites for hydroxylation is 1. The summed E-state index contributed by atoms with van der Waals surface area (Å²) in [6, 6.07) is 0.300. The second-order valence-electron chi connectivity index (χ2n) is 5.53. The van der Waals surface area contributed by atoms with E-state index in [1.54, 1.807) is 11.7 Å². The number of nitrogens with one attached hydrogen (secondary N) is 1. The van der Waals surface area contributed by atoms with Crippen LogP contribution in [0.5, 0.6) is 0 Å². The zero-order chi connectivity index (χ0) is 14.9. The van der Waals surface area contributed by atoms with Crippen molar-refractivity contribution in [2.45, 2.75) is 39.2 Å². The Morgan fingerprint density at radius 2 is 2.30 bits per heavy atom. The fourth-order valence-corrected chi connectivity index (χ4v) is 2.90. The van der Waals surface area contributed by atoms with Crippen LogP contribution in [0.4, 0.5) is 11.5 Å². The van der Waals surface area contributed by atoms with Crippen LogP contribution in [0.25, 0.3) is 0 Å². The molecule has 1 atom stereocenters. The smallest absolute Gasteiger partial charge is 0.334 e. The summed E-state index contributed by atoms with van der Waals surface area (Å²) in [7, 11) is 1.79. The molecule has 1 saturated heterocycles. The average molecular weight is 281 g/mol. The van der Waals surface area contributed by atoms with Crippen LogP contribution in [0, 0.1) is 10.1 Å². The number of rotatable bonds is 5. The Hall–Kier alpha value is -1.63. The first kappa shape index (κ1) is 14.8. The molecule has 2 heterocycles. The highest BCUT2D eigenvalue weighted by Crippen LogP contribution is 2.36. The van der Waals surface area contributed by atoms with E-state index in [-0.39, 0.29) is 16.5 Å². The van der Waals surface area contributed by atoms with Gasteiger partial charge in [-0.25, -0.2) is 4.68 Å². The summed E-state index contributed by atoms with van der Waals surface area (Å²) in [4.78, 5) is 13.3. The number of aromatic nitrogens is 2. The van der Waals surface area contributed by atoms with Gasteiger partial charge in [-0.1, -0.05) is 13.8 Å². The Morgan fingerprint density at radius 1 is 1.60 bits per heavy atom. The molecular weight excluding hydrogens is 258 g/mol. The van der Waals surface area contributed by atoms with Gasteiger partial charge in [0.1, 0.15) is 5.69 Å². The quantitative estimate of drug-likeness (QED) is 0.656. The predicted molar refractivity (Wildman–Crippen MR) is 78.2 cm³/mol. The SMILES string of the molecule is CCN(c1c([N+](=O)[O-])c(C(C)C)nn1C)C1CCNC1. The molecule has 1 aromatic rings. The van der Waals surface area contributed by atoms with Crippen LogP contribution in [-0.2, 0) is 7.05 Å². The summed E-state index contributed by atoms with van der Waals surface area (Å²) < 4.78 is 1.66. The minimum Gasteiger partial charge on any atom is -0.347 e. The summed E-state index contributed by atoms with van der Waals surface area (Å²) in [6.45, 7) is 8.48. The highest BCUT2D eigenvalue weighted by Gasteiger charge is 2.34. The van der Waals surface area contributed by atoms with Crippen molar-refractivity contribution in [1.29, 1.82) is 0 Å². The third kappa shape index (κ3) is 2.49. The Morgan fingerprint density at radius 3 is 2.75 bits per heavy atom. The van der Waals surface area contributed by atoms with E-state index in [1.807, 2.05) is 20.8 Å². The van der Waals surface area contributed by atoms with Gasteiger partial charge in [-0.2, -0.15) is 5.10 Å². The second-order valence-corrected chi connectivity index (χ2v) is 5.53. The fourth-order valence-electron chi connectivity index (χ4n) is 2.90. The van der Waals surface area contributed by atoms with E-state index in [0.717, 1.165) is 26.1 Å². The van der Waals surface area contributed by atoms with Gasteiger partial charge in [-0.05, 0) is 19.9 Å². The molecule has 1 N–H and O–H groups in total. The summed E-state index contributed by atoms with van der Waals surface area (Å²) in [5, 5.41) is 19.2. The van der Waals surface area contributed by atoms with Crippen molar-refractivity contribution in [2.24, 2.45) is 7.05 Å². The van der Waals surface area contributed by atoms with Crippen molar-refractivity contribution in [3.63, 3.8) is 0 Å². The van der Waals surface area contributed by atoms with E-state index in [2.05, 4.69) is 15.3 Å². The minimum absolute atomic E-state index is 0.0377. The molecule has 0 radical (unpaired) electrons. The van der Waals surface area contributed by atoms with Crippen molar-refractivity contribution >= 4 is 11.5 Å². The third-order valence-corrected chi connectivity index (χ3v) is 3.84. The van der Waals surface area contributed by atoms with Crippen molar-refractivity contribution < 1.29 is 4.92 Å². The standard InChI is InChI=1S/C13H23N5O2/c1-5-17(10-6-7-14-8-10)13-12(18(19)20)11(9(2)3)15-16(13)4/h9-10,14H,5-8H2,1-4H3. The first-order valence-electron chi connectivity index (χ1n) is 7.16. The van der Waals surface area contributed by atoms with Gasteiger partial charge in [0.05, 0.1) is 4.92 Å². The fraction of sp³-hybridized carbons (Fsp3) is 0.769. The molecular formula is C13H23N5O2. The predicted octanol–water partition coefficient (Wildman–Crippen LogP) is 1.64. The number of anilines is 1. The van der Waals surface area contributed by atoms with Crippen LogP contribution in [0.1, 0.15) is 38.8 Å². The lowest BCUT2D eigenvalue weighted by Gasteiger charge is -2.28. The molecule has 20 heavy (non-hydrogen) atoms. The van der Waals surface area contributed by atoms with Crippen molar-refractivity contribution in [1.82, 2.24) is 15.1 Å². The summed E-state index contributed by atoms with van der Waals surface area (Å²) >= 11 is 0. The van der Waals surface area contributed by atoms with Gasteiger partial charge in [0.25, 0.3) is 0 Å². The van der Waals surface area contributed by atoms with Gasteiger partial charge in [0.15, 0.2) is 0 Å². The molecule has 1 aliphatic heterocycles. The Labute approximate surface area is 119 Å². The van der Waals surface area contributed by atoms with Crippen molar-refractivity contribution in [2.75, 3.05) is 24.5 Å². The molecule has 0 aromatic carbocycles. The highest BCUT2D eigenvalue weighted by molar-refractivity contribution is 5.63. The molecule has 0 amide bonds. The lowest BCUT2D eigenvalue weighted by molar-refractivity contribution is -0.385. The summed E-state index contributed by atoms with van der Waals surface area (Å²) in [5.74, 6) is 0.672. The van der Waals surface area contributed by atoms with Crippen LogP contribution in [0.15, 0.2) is 0 Å². The Bertz CT molecular complexity index is 491. The Kier molecular flexibility index (Phi) is 4.27. The molecule has 1 unspecified atom stereocenters. The highest BCUT2D eigenvalue weighted by atomic mass is 16.6. The molecule has 0 bridgehead atoms. The van der Waals surface area contributed by atoms with Crippen LogP contribution in [0.3, 0.4) is 0 Å². The van der Waals surface area contributed by atoms with E-state index < -0.39 is 0 Å². The van der Waals surface area contributed by atoms with E-state index in [9.17, 15) is 10.1 Å². The largest absolute Gasteiger partial charge is 0.347 e. The lowest BCUT2D eigenvalue weighted by Crippen LogP contribution is -2.38. The van der Waals surface area contributed by atoms with Crippen LogP contribution in [-0.4, -0.2) is 40.4 Å². The molecule has 1 fully saturated rings. The molecule has 1 aromatic heterocycles. The molecule has 7 nitrogen and oxygen atoms in total. The number of hydrogen-bond donors (Lipinski definition) is 1. The van der Waals surface area contributed by atoms with Gasteiger partial charge in [-0.15, -0.1) is 0 Å². The number of likely N-dealkylation sites (N-methyl/N-ethyl adjacent to an activating group) is 1. The molecule has 0 saturated carbocycles. The van der Waals surface area contributed by atoms with E-state index in [4.69, 9.17) is 0 Å². The van der Waals surface area contributed by atoms with E-state index in [1.165, 1.54) is 0 Å². The first-order valence-corrected chi connectivity index (χ1v) is 7.16. The van der Waals surface area contributed by atoms with Crippen LogP contribution >= 0.6 is 0 Å². The van der Waals surface area contributed by atoms with Crippen molar-refractivity contribution in [3.8, 4) is 0 Å². The molecule has 0 spiro atoms. The third-order valence-electron chi connectivity index (χ3n) is 3.84. The zero-order valence-electron chi connectivity index (χ0n) is 12.6. The average Bonchev–Trinajstić information content (AvgIpc) is 2.99. The molecule has 0 aliphatic carbocycles. The van der Waals surface area contributed by atoms with Crippen LogP contribution < -0.4 is 10.2 Å². The van der Waals surface area contributed by atoms with Gasteiger partial charge >= 0.3 is 5.69 Å². The summed E-state index contributed by atoms with van der Waals surface area (Å²) in [6.07, 6.45) is 1.01. The number of nitro groups is 1. The molecule has 2 rings (SSSR count). The molecule has 1 aliphatic rings. The van der Waals surface area contributed by atoms with Gasteiger partial charge in [-0.3, -0.25) is 10.1 Å². The first-order chi connectivity index (χ1) is 9.47. The van der Waals surface area contributed by atoms with Gasteiger partial charge in [0.2, 0.25) is 5.82 Å². The van der Waals surface area contributed by atoms with Gasteiger partial charge in [0, 0.05) is 32.1 Å². The topological polar surface area (TPSA) is 76.2 Å². The summed E-state index contributed by atoms with van der Waals surface area (Å²) in [5.41, 5.74) is 0.730. The monoisotopic (exact) mass is 281 g/mol. The van der Waals surface area contributed by atoms with Gasteiger partial charge < -0.3 is 10.2 Å². The normalized spacial score (nSPS) is 18.8. The molecule has 7 heteroatoms. The lowest BCUT2D eigenvalue weighted by atomic mass is 10.1. The molecule has 112 valence electrons. The second kappa shape index (κ2) is 5.78. The number of hydrogen-bond acceptors (Lipinski definition) is 5. The van der Waals surface area contributed by atoms with Crippen molar-refractivity contribution in [3.05, 3.63) is 15.8 Å². The maximum atomic E-state index is 11.5. The maximum absolute atomic E-state index is 11.5. The van der Waals surface area contributed by atoms with E-state index in [0.29, 0.717) is 17.6 Å². The number of nitrogens with zero attached hydrogens (tertiary/aromatic N) is 4. The van der Waals surface area contributed by atoms with E-state index >= 15 is 0 Å². The Balaban J connectivity index is 2.50. The minimum atomic E-state index is -0.289.